The monoisotopic (exact) mass is 496 g/mol. The second-order valence-corrected chi connectivity index (χ2v) is 8.80. The summed E-state index contributed by atoms with van der Waals surface area (Å²) in [6.07, 6.45) is -0.146. The fourth-order valence-corrected chi connectivity index (χ4v) is 4.43. The molecular formula is C30H24O7. The van der Waals surface area contributed by atoms with Gasteiger partial charge < -0.3 is 24.8 Å². The SMILES string of the molecule is O=C1CC(c2ccccc2)Oc2ccccc21.O=C1C[C@@H](c2ccc(O)cc2)Oc2cc(O)cc(O)c21. The van der Waals surface area contributed by atoms with Crippen molar-refractivity contribution < 1.29 is 34.4 Å². The summed E-state index contributed by atoms with van der Waals surface area (Å²) in [5, 5.41) is 28.4. The van der Waals surface area contributed by atoms with Gasteiger partial charge in [-0.15, -0.1) is 0 Å². The van der Waals surface area contributed by atoms with Gasteiger partial charge in [-0.1, -0.05) is 54.6 Å². The molecule has 2 heterocycles. The number of ether oxygens (including phenoxy) is 2. The van der Waals surface area contributed by atoms with E-state index in [1.165, 1.54) is 18.2 Å². The number of para-hydroxylation sites is 1. The molecule has 3 N–H and O–H groups in total. The molecule has 186 valence electrons. The van der Waals surface area contributed by atoms with Crippen molar-refractivity contribution in [2.75, 3.05) is 0 Å². The van der Waals surface area contributed by atoms with Crippen molar-refractivity contribution in [2.45, 2.75) is 25.0 Å². The van der Waals surface area contributed by atoms with Gasteiger partial charge in [-0.05, 0) is 35.4 Å². The summed E-state index contributed by atoms with van der Waals surface area (Å²) in [6, 6.07) is 26.1. The summed E-state index contributed by atoms with van der Waals surface area (Å²) in [4.78, 5) is 24.1. The molecule has 0 fully saturated rings. The highest BCUT2D eigenvalue weighted by atomic mass is 16.5. The zero-order chi connectivity index (χ0) is 25.9. The van der Waals surface area contributed by atoms with Crippen LogP contribution in [0.25, 0.3) is 0 Å². The van der Waals surface area contributed by atoms with Gasteiger partial charge >= 0.3 is 0 Å². The molecule has 2 aliphatic rings. The van der Waals surface area contributed by atoms with Crippen LogP contribution in [0.1, 0.15) is 56.9 Å². The first-order valence-corrected chi connectivity index (χ1v) is 11.8. The summed E-state index contributed by atoms with van der Waals surface area (Å²) < 4.78 is 11.5. The van der Waals surface area contributed by atoms with Crippen LogP contribution < -0.4 is 9.47 Å². The van der Waals surface area contributed by atoms with Gasteiger partial charge in [0.05, 0.1) is 18.4 Å². The van der Waals surface area contributed by atoms with E-state index in [9.17, 15) is 24.9 Å². The number of ketones is 2. The van der Waals surface area contributed by atoms with Crippen LogP contribution >= 0.6 is 0 Å². The van der Waals surface area contributed by atoms with Gasteiger partial charge in [0.1, 0.15) is 46.5 Å². The molecule has 0 saturated carbocycles. The number of fused-ring (bicyclic) bond motifs is 2. The number of phenols is 3. The number of hydrogen-bond acceptors (Lipinski definition) is 7. The molecule has 2 aliphatic heterocycles. The van der Waals surface area contributed by atoms with Crippen LogP contribution in [-0.4, -0.2) is 26.9 Å². The van der Waals surface area contributed by atoms with Gasteiger partial charge in [-0.3, -0.25) is 9.59 Å². The van der Waals surface area contributed by atoms with Gasteiger partial charge in [-0.25, -0.2) is 0 Å². The highest BCUT2D eigenvalue weighted by Crippen LogP contribution is 2.41. The average Bonchev–Trinajstić information content (AvgIpc) is 2.89. The second-order valence-electron chi connectivity index (χ2n) is 8.80. The molecule has 0 bridgehead atoms. The molecular weight excluding hydrogens is 472 g/mol. The molecule has 2 atom stereocenters. The fourth-order valence-electron chi connectivity index (χ4n) is 4.43. The predicted octanol–water partition coefficient (Wildman–Crippen LogP) is 5.90. The molecule has 7 nitrogen and oxygen atoms in total. The molecule has 0 amide bonds. The maximum absolute atomic E-state index is 12.1. The Balaban J connectivity index is 0.000000153. The Kier molecular flexibility index (Phi) is 6.51. The van der Waals surface area contributed by atoms with Gasteiger partial charge in [0, 0.05) is 12.1 Å². The molecule has 1 unspecified atom stereocenters. The lowest BCUT2D eigenvalue weighted by Gasteiger charge is -2.26. The third-order valence-corrected chi connectivity index (χ3v) is 6.25. The molecule has 0 spiro atoms. The fraction of sp³-hybridized carbons (Fsp3) is 0.133. The minimum absolute atomic E-state index is 0.0934. The van der Waals surface area contributed by atoms with Crippen molar-refractivity contribution in [3.8, 4) is 28.7 Å². The lowest BCUT2D eigenvalue weighted by atomic mass is 9.95. The first-order chi connectivity index (χ1) is 17.9. The number of benzene rings is 4. The van der Waals surface area contributed by atoms with Crippen LogP contribution in [0.4, 0.5) is 0 Å². The summed E-state index contributed by atoms with van der Waals surface area (Å²) in [5.74, 6) is 0.443. The quantitative estimate of drug-likeness (QED) is 0.316. The number of rotatable bonds is 2. The van der Waals surface area contributed by atoms with E-state index < -0.39 is 6.10 Å². The van der Waals surface area contributed by atoms with Crippen molar-refractivity contribution in [1.29, 1.82) is 0 Å². The van der Waals surface area contributed by atoms with Crippen molar-refractivity contribution >= 4 is 11.6 Å². The number of carbonyl (C=O) groups is 2. The Hall–Kier alpha value is -4.78. The molecule has 0 radical (unpaired) electrons. The van der Waals surface area contributed by atoms with Crippen molar-refractivity contribution in [2.24, 2.45) is 0 Å². The zero-order valence-corrected chi connectivity index (χ0v) is 19.7. The third-order valence-electron chi connectivity index (χ3n) is 6.25. The van der Waals surface area contributed by atoms with Crippen LogP contribution in [0.15, 0.2) is 91.0 Å². The molecule has 6 rings (SSSR count). The highest BCUT2D eigenvalue weighted by molar-refractivity contribution is 6.02. The Bertz CT molecular complexity index is 1450. The number of hydrogen-bond donors (Lipinski definition) is 3. The Labute approximate surface area is 213 Å². The van der Waals surface area contributed by atoms with Crippen LogP contribution in [0.2, 0.25) is 0 Å². The maximum Gasteiger partial charge on any atom is 0.174 e. The zero-order valence-electron chi connectivity index (χ0n) is 19.7. The lowest BCUT2D eigenvalue weighted by molar-refractivity contribution is 0.0837. The van der Waals surface area contributed by atoms with Gasteiger partial charge in [0.15, 0.2) is 11.6 Å². The maximum atomic E-state index is 12.1. The lowest BCUT2D eigenvalue weighted by Crippen LogP contribution is -2.20. The van der Waals surface area contributed by atoms with E-state index in [2.05, 4.69) is 0 Å². The topological polar surface area (TPSA) is 113 Å². The molecule has 37 heavy (non-hydrogen) atoms. The Morgan fingerprint density at radius 1 is 0.595 bits per heavy atom. The van der Waals surface area contributed by atoms with Crippen LogP contribution in [0.3, 0.4) is 0 Å². The van der Waals surface area contributed by atoms with Gasteiger partial charge in [0.2, 0.25) is 0 Å². The predicted molar refractivity (Wildman–Crippen MR) is 135 cm³/mol. The minimum atomic E-state index is -0.503. The Morgan fingerprint density at radius 2 is 1.19 bits per heavy atom. The van der Waals surface area contributed by atoms with Crippen molar-refractivity contribution in [3.05, 3.63) is 113 Å². The average molecular weight is 497 g/mol. The number of Topliss-reactive ketones (excluding diaryl/α,β-unsaturated/α-hetero) is 2. The first kappa shape index (κ1) is 23.9. The second kappa shape index (κ2) is 10.1. The molecule has 4 aromatic rings. The minimum Gasteiger partial charge on any atom is -0.508 e. The van der Waals surface area contributed by atoms with E-state index in [0.29, 0.717) is 17.7 Å². The van der Waals surface area contributed by atoms with Crippen molar-refractivity contribution in [3.63, 3.8) is 0 Å². The smallest absolute Gasteiger partial charge is 0.174 e. The van der Waals surface area contributed by atoms with E-state index >= 15 is 0 Å². The van der Waals surface area contributed by atoms with Gasteiger partial charge in [-0.2, -0.15) is 0 Å². The number of carbonyl (C=O) groups excluding carboxylic acids is 2. The molecule has 4 aromatic carbocycles. The van der Waals surface area contributed by atoms with E-state index in [1.807, 2.05) is 54.6 Å². The van der Waals surface area contributed by atoms with E-state index in [1.54, 1.807) is 12.1 Å². The van der Waals surface area contributed by atoms with E-state index in [4.69, 9.17) is 9.47 Å². The molecule has 0 saturated heterocycles. The summed E-state index contributed by atoms with van der Waals surface area (Å²) in [7, 11) is 0. The van der Waals surface area contributed by atoms with Gasteiger partial charge in [0.25, 0.3) is 0 Å². The Morgan fingerprint density at radius 3 is 1.92 bits per heavy atom. The highest BCUT2D eigenvalue weighted by Gasteiger charge is 2.31. The number of aromatic hydroxyl groups is 3. The summed E-state index contributed by atoms with van der Waals surface area (Å²) in [6.45, 7) is 0. The third kappa shape index (κ3) is 5.11. The van der Waals surface area contributed by atoms with Crippen LogP contribution in [0.5, 0.6) is 28.7 Å². The first-order valence-electron chi connectivity index (χ1n) is 11.8. The largest absolute Gasteiger partial charge is 0.508 e. The summed E-state index contributed by atoms with van der Waals surface area (Å²) >= 11 is 0. The normalized spacial score (nSPS) is 17.8. The van der Waals surface area contributed by atoms with Crippen LogP contribution in [-0.2, 0) is 0 Å². The molecule has 0 aromatic heterocycles. The number of phenolic OH excluding ortho intramolecular Hbond substituents is 3. The molecule has 7 heteroatoms. The van der Waals surface area contributed by atoms with Crippen molar-refractivity contribution in [1.82, 2.24) is 0 Å². The van der Waals surface area contributed by atoms with E-state index in [-0.39, 0.29) is 52.7 Å². The summed E-state index contributed by atoms with van der Waals surface area (Å²) in [5.41, 5.74) is 2.58. The van der Waals surface area contributed by atoms with E-state index in [0.717, 1.165) is 17.2 Å². The molecule has 0 aliphatic carbocycles. The standard InChI is InChI=1S/C15H12O5.C15H12O2/c16-9-3-1-8(2-4-9)13-7-12(19)15-11(18)5-10(17)6-14(15)20-13;16-13-10-15(11-6-2-1-3-7-11)17-14-9-5-4-8-12(13)14/h1-6,13,16-18H,7H2;1-9,15H,10H2/t13-;/m0./s1. The van der Waals surface area contributed by atoms with Crippen LogP contribution in [0, 0.1) is 0 Å².